The average Bonchev–Trinajstić information content (AvgIpc) is 1.08. The summed E-state index contributed by atoms with van der Waals surface area (Å²) in [4.78, 5) is 31.3. The summed E-state index contributed by atoms with van der Waals surface area (Å²) in [5.41, 5.74) is 0. The van der Waals surface area contributed by atoms with Gasteiger partial charge in [-0.15, -0.1) is 0 Å². The number of carbonyl (C=O) groups is 3. The molecule has 0 saturated heterocycles. The van der Waals surface area contributed by atoms with E-state index in [2.05, 4.69) is 20.8 Å². The van der Waals surface area contributed by atoms with Gasteiger partial charge in [-0.3, -0.25) is 14.4 Å². The van der Waals surface area contributed by atoms with Crippen LogP contribution in [0.15, 0.2) is 0 Å². The van der Waals surface area contributed by atoms with Crippen molar-refractivity contribution < 1.29 is 270 Å². The Kier molecular flexibility index (Phi) is 162. The van der Waals surface area contributed by atoms with Crippen molar-refractivity contribution in [2.45, 2.75) is 67.2 Å². The second-order valence-electron chi connectivity index (χ2n) is 25.7. The number of ether oxygens (including phenoxy) is 38. The predicted molar refractivity (Wildman–Crippen MR) is 489 cm³/mol. The molecule has 0 fully saturated rings. The number of esters is 2. The van der Waals surface area contributed by atoms with E-state index in [-0.39, 0.29) is 104 Å². The molecule has 0 atom stereocenters. The molecule has 0 saturated carbocycles. The zero-order valence-electron chi connectivity index (χ0n) is 83.6. The van der Waals surface area contributed by atoms with Gasteiger partial charge >= 0.3 is 17.9 Å². The normalized spacial score (nSPS) is 11.0. The number of carbonyl (C=O) groups excluding carboxylic acids is 2. The largest absolute Gasteiger partial charge is 0.481 e. The first-order valence-corrected chi connectivity index (χ1v) is 47.3. The van der Waals surface area contributed by atoms with Gasteiger partial charge in [0.2, 0.25) is 0 Å². The summed E-state index contributed by atoms with van der Waals surface area (Å²) in [6.07, 6.45) is 1.99. The third kappa shape index (κ3) is 159. The molecule has 0 aromatic rings. The molecule has 0 aromatic carbocycles. The second kappa shape index (κ2) is 148. The van der Waals surface area contributed by atoms with Gasteiger partial charge in [0, 0.05) is 91.3 Å². The second-order valence-corrected chi connectivity index (χ2v) is 25.7. The van der Waals surface area contributed by atoms with Crippen LogP contribution >= 0.6 is 0 Å². The van der Waals surface area contributed by atoms with E-state index < -0.39 is 5.97 Å². The Hall–Kier alpha value is -0.862. The number of hydrogen-bond acceptors (Lipinski definition) is 42. The number of aliphatic hydroxyl groups excluding tert-OH is 1. The number of hydrogen-bond donors (Lipinski definition) is 2. The average molecular weight is 2130 g/mol. The molecule has 0 heterocycles. The minimum absolute atomic E-state index is 0. The van der Waals surface area contributed by atoms with Gasteiger partial charge in [0.05, 0.1) is 462 Å². The summed E-state index contributed by atoms with van der Waals surface area (Å²) in [7, 11) is 0. The number of rotatable bonds is 114. The van der Waals surface area contributed by atoms with Crippen LogP contribution in [0.5, 0.6) is 0 Å². The zero-order valence-corrected chi connectivity index (χ0v) is 89.2. The van der Waals surface area contributed by atoms with E-state index in [0.29, 0.717) is 482 Å². The Bertz CT molecular complexity index is 2000. The topological polar surface area (TPSA) is 442 Å². The Balaban J connectivity index is -0.000000349. The molecule has 0 amide bonds. The van der Waals surface area contributed by atoms with Crippen molar-refractivity contribution in [3.05, 3.63) is 13.8 Å². The van der Waals surface area contributed by atoms with Gasteiger partial charge in [-0.2, -0.15) is 0 Å². The summed E-state index contributed by atoms with van der Waals surface area (Å²) in [5, 5.41) is 16.3. The van der Waals surface area contributed by atoms with Crippen molar-refractivity contribution >= 4 is 17.9 Å². The molecule has 0 aliphatic rings. The Morgan fingerprint density at radius 1 is 0.170 bits per heavy atom. The van der Waals surface area contributed by atoms with E-state index in [4.69, 9.17) is 190 Å². The molecule has 0 unspecified atom stereocenters. The molecule has 45 heteroatoms. The SMILES string of the molecule is CC.CCC(=O)O.CCCOCCOCCOCCOCCOCCOCCOCCOCCOCCOCCOCCOCCOC(=O)CC.[CH2-]COCCOCCOCCOCCOCCOCCOCCOCCOCCOCCOCCOCCO.[CH2-]COCCOCCOCCOCCOCCOCCOCCOCCOCCOCCOCCOCCOC(=O)CC.[Y].[Y]. The van der Waals surface area contributed by atoms with Gasteiger partial charge in [0.15, 0.2) is 0 Å². The van der Waals surface area contributed by atoms with Crippen molar-refractivity contribution in [2.24, 2.45) is 0 Å². The molecular formula is C90H182O43Y2-2. The van der Waals surface area contributed by atoms with Crippen LogP contribution in [-0.4, -0.2) is 524 Å². The summed E-state index contributed by atoms with van der Waals surface area (Å²) < 4.78 is 204. The Morgan fingerprint density at radius 3 is 0.356 bits per heavy atom. The maximum atomic E-state index is 11.0. The number of carboxylic acid groups (broad SMARTS) is 1. The van der Waals surface area contributed by atoms with Gasteiger partial charge in [-0.05, 0) is 6.42 Å². The minimum Gasteiger partial charge on any atom is -0.481 e. The van der Waals surface area contributed by atoms with Crippen LogP contribution < -0.4 is 0 Å². The first-order valence-electron chi connectivity index (χ1n) is 47.3. The summed E-state index contributed by atoms with van der Waals surface area (Å²) >= 11 is 0. The molecule has 2 radical (unpaired) electrons. The van der Waals surface area contributed by atoms with Crippen LogP contribution in [0.4, 0.5) is 0 Å². The third-order valence-electron chi connectivity index (χ3n) is 15.0. The molecule has 135 heavy (non-hydrogen) atoms. The number of aliphatic hydroxyl groups is 1. The van der Waals surface area contributed by atoms with Crippen LogP contribution in [-0.2, 0) is 260 Å². The zero-order chi connectivity index (χ0) is 97.5. The van der Waals surface area contributed by atoms with Crippen molar-refractivity contribution in [3.8, 4) is 0 Å². The molecule has 808 valence electrons. The maximum absolute atomic E-state index is 11.0. The van der Waals surface area contributed by atoms with E-state index >= 15 is 0 Å². The summed E-state index contributed by atoms with van der Waals surface area (Å²) in [5.74, 6) is -1.19. The van der Waals surface area contributed by atoms with Crippen LogP contribution in [0.25, 0.3) is 0 Å². The van der Waals surface area contributed by atoms with Crippen LogP contribution in [0.1, 0.15) is 67.2 Å². The summed E-state index contributed by atoms with van der Waals surface area (Å²) in [6, 6.07) is 0. The van der Waals surface area contributed by atoms with E-state index in [1.165, 1.54) is 0 Å². The molecular weight excluding hydrogens is 1950 g/mol. The fourth-order valence-corrected chi connectivity index (χ4v) is 8.41. The molecule has 0 aromatic heterocycles. The quantitative estimate of drug-likeness (QED) is 0.0493. The van der Waals surface area contributed by atoms with Crippen molar-refractivity contribution in [1.82, 2.24) is 0 Å². The summed E-state index contributed by atoms with van der Waals surface area (Å²) in [6.45, 7) is 55.5. The van der Waals surface area contributed by atoms with Crippen LogP contribution in [0.2, 0.25) is 0 Å². The third-order valence-corrected chi connectivity index (χ3v) is 15.0. The Labute approximate surface area is 858 Å². The molecule has 0 aliphatic heterocycles. The van der Waals surface area contributed by atoms with Gasteiger partial charge in [0.25, 0.3) is 0 Å². The number of carboxylic acids is 1. The monoisotopic (exact) mass is 2130 g/mol. The van der Waals surface area contributed by atoms with E-state index in [9.17, 15) is 14.4 Å². The van der Waals surface area contributed by atoms with E-state index in [1.54, 1.807) is 20.8 Å². The molecule has 0 rings (SSSR count). The van der Waals surface area contributed by atoms with E-state index in [0.717, 1.165) is 13.0 Å². The first kappa shape index (κ1) is 147. The smallest absolute Gasteiger partial charge is 0.305 e. The van der Waals surface area contributed by atoms with Crippen LogP contribution in [0, 0.1) is 13.8 Å². The van der Waals surface area contributed by atoms with Gasteiger partial charge in [-0.1, -0.05) is 54.8 Å². The Morgan fingerprint density at radius 2 is 0.267 bits per heavy atom. The van der Waals surface area contributed by atoms with Gasteiger partial charge in [-0.25, -0.2) is 0 Å². The van der Waals surface area contributed by atoms with Crippen molar-refractivity contribution in [3.63, 3.8) is 0 Å². The molecule has 2 N–H and O–H groups in total. The molecule has 0 bridgehead atoms. The van der Waals surface area contributed by atoms with Crippen LogP contribution in [0.3, 0.4) is 0 Å². The maximum Gasteiger partial charge on any atom is 0.305 e. The molecule has 43 nitrogen and oxygen atoms in total. The number of aliphatic carboxylic acids is 1. The van der Waals surface area contributed by atoms with E-state index in [1.807, 2.05) is 13.8 Å². The van der Waals surface area contributed by atoms with Crippen molar-refractivity contribution in [1.29, 1.82) is 0 Å². The fraction of sp³-hybridized carbons (Fsp3) is 0.944. The first-order chi connectivity index (χ1) is 65.8. The minimum atomic E-state index is -0.745. The van der Waals surface area contributed by atoms with Crippen molar-refractivity contribution in [2.75, 3.05) is 496 Å². The predicted octanol–water partition coefficient (Wildman–Crippen LogP) is 4.04. The van der Waals surface area contributed by atoms with Gasteiger partial charge < -0.3 is 204 Å². The molecule has 0 spiro atoms. The van der Waals surface area contributed by atoms with Gasteiger partial charge in [0.1, 0.15) is 13.2 Å². The standard InChI is InChI=1S/C30H60O14.C29H57O14.C26H53O13.C3H6O2.C2H6.2Y/c1-3-5-32-6-7-33-8-9-34-10-11-35-12-13-36-14-15-37-16-17-38-18-19-39-20-21-40-22-23-41-24-25-42-26-27-43-28-29-44-30(31)4-2;1-3-29(30)43-28-27-42-26-25-41-24-23-40-22-21-39-20-19-38-18-17-37-16-15-36-14-13-35-12-11-34-10-9-33-8-7-32-6-5-31-4-2;1-2-28-5-6-30-9-10-32-13-14-34-17-18-36-21-22-38-25-26-39-24-23-37-20-19-35-16-15-33-12-11-31-8-7-29-4-3-27;1-2-3(4)5;1-2;;/h3-29H2,1-2H3;2-28H2,1H3;27H,1-26H2;2H2,1H3,(H,4,5);1-2H3;;/q;2*-1;;;;. The molecule has 0 aliphatic carbocycles. The fourth-order valence-electron chi connectivity index (χ4n) is 8.41.